The molecule has 0 bridgehead atoms. The Hall–Kier alpha value is -3.98. The number of rotatable bonds is 7. The Balaban J connectivity index is 1.22. The Bertz CT molecular complexity index is 1400. The van der Waals surface area contributed by atoms with Crippen molar-refractivity contribution in [2.75, 3.05) is 23.5 Å². The maximum atomic E-state index is 15.2. The van der Waals surface area contributed by atoms with Gasteiger partial charge in [0, 0.05) is 6.42 Å². The molecule has 1 saturated heterocycles. The fourth-order valence-corrected chi connectivity index (χ4v) is 5.56. The molecule has 3 atom stereocenters. The fraction of sp³-hybridized carbons (Fsp3) is 0.333. The van der Waals surface area contributed by atoms with Crippen molar-refractivity contribution in [3.63, 3.8) is 0 Å². The molecule has 0 aromatic heterocycles. The Kier molecular flexibility index (Phi) is 6.46. The predicted octanol–water partition coefficient (Wildman–Crippen LogP) is 4.37. The first kappa shape index (κ1) is 25.3. The number of hydrogen-bond acceptors (Lipinski definition) is 5. The molecule has 0 unspecified atom stereocenters. The van der Waals surface area contributed by atoms with Gasteiger partial charge < -0.3 is 15.6 Å². The number of fused-ring (bicyclic) bond motifs is 1. The van der Waals surface area contributed by atoms with E-state index in [0.717, 1.165) is 29.8 Å². The van der Waals surface area contributed by atoms with Crippen LogP contribution in [0.3, 0.4) is 0 Å². The summed E-state index contributed by atoms with van der Waals surface area (Å²) >= 11 is 0. The van der Waals surface area contributed by atoms with Crippen molar-refractivity contribution < 1.29 is 18.4 Å². The minimum absolute atomic E-state index is 0.0753. The molecule has 3 N–H and O–H groups in total. The van der Waals surface area contributed by atoms with Gasteiger partial charge in [0.1, 0.15) is 24.6 Å². The van der Waals surface area contributed by atoms with E-state index in [9.17, 15) is 14.0 Å². The largest absolute Gasteiger partial charge is 0.343 e. The molecule has 6 rings (SSSR count). The number of carbonyl (C=O) groups is 2. The number of para-hydroxylation sites is 2. The van der Waals surface area contributed by atoms with E-state index in [2.05, 4.69) is 16.3 Å². The first-order chi connectivity index (χ1) is 18.8. The summed E-state index contributed by atoms with van der Waals surface area (Å²) in [6.07, 6.45) is 0.500. The SMILES string of the molecule is CC1(c2ccc([C@@H](NC(=O)[C@@H]3C[C@@H](F)CN3C(=O)CN3NNc4ccccc43)c3ccccc3)cc2F)CC1. The maximum absolute atomic E-state index is 15.2. The van der Waals surface area contributed by atoms with Gasteiger partial charge in [-0.15, -0.1) is 5.53 Å². The van der Waals surface area contributed by atoms with Gasteiger partial charge in [0.2, 0.25) is 11.8 Å². The summed E-state index contributed by atoms with van der Waals surface area (Å²) in [4.78, 5) is 28.2. The summed E-state index contributed by atoms with van der Waals surface area (Å²) in [6.45, 7) is 1.82. The van der Waals surface area contributed by atoms with Crippen molar-refractivity contribution >= 4 is 23.2 Å². The minimum atomic E-state index is -1.31. The van der Waals surface area contributed by atoms with E-state index in [1.165, 1.54) is 11.0 Å². The number of likely N-dealkylation sites (tertiary alicyclic amines) is 1. The standard InChI is InChI=1S/C30H31F2N5O2/c1-30(13-14-30)22-12-11-20(15-23(22)32)28(19-7-3-2-4-8-19)33-29(39)26-16-21(31)17-36(26)27(38)18-37-25-10-6-5-9-24(25)34-35-37/h2-12,15,21,26,28,34-35H,13-14,16-18H2,1H3,(H,33,39)/t21-,26+,28+/m1/s1. The van der Waals surface area contributed by atoms with Gasteiger partial charge in [-0.2, -0.15) is 0 Å². The molecule has 7 nitrogen and oxygen atoms in total. The lowest BCUT2D eigenvalue weighted by Crippen LogP contribution is -2.51. The van der Waals surface area contributed by atoms with Crippen LogP contribution >= 0.6 is 0 Å². The van der Waals surface area contributed by atoms with Gasteiger partial charge in [0.25, 0.3) is 0 Å². The molecule has 0 spiro atoms. The quantitative estimate of drug-likeness (QED) is 0.422. The minimum Gasteiger partial charge on any atom is -0.343 e. The van der Waals surface area contributed by atoms with Gasteiger partial charge >= 0.3 is 0 Å². The Labute approximate surface area is 226 Å². The number of nitrogens with one attached hydrogen (secondary N) is 3. The van der Waals surface area contributed by atoms with Gasteiger partial charge in [-0.1, -0.05) is 61.5 Å². The van der Waals surface area contributed by atoms with Gasteiger partial charge in [0.15, 0.2) is 0 Å². The van der Waals surface area contributed by atoms with E-state index in [4.69, 9.17) is 0 Å². The van der Waals surface area contributed by atoms with Crippen molar-refractivity contribution in [3.05, 3.63) is 95.3 Å². The smallest absolute Gasteiger partial charge is 0.244 e. The van der Waals surface area contributed by atoms with Crippen LogP contribution in [0.4, 0.5) is 20.2 Å². The van der Waals surface area contributed by atoms with Crippen LogP contribution in [0.5, 0.6) is 0 Å². The highest BCUT2D eigenvalue weighted by atomic mass is 19.1. The van der Waals surface area contributed by atoms with Crippen LogP contribution in [0.25, 0.3) is 0 Å². The fourth-order valence-electron chi connectivity index (χ4n) is 5.56. The molecular weight excluding hydrogens is 500 g/mol. The van der Waals surface area contributed by atoms with Gasteiger partial charge in [-0.05, 0) is 53.1 Å². The summed E-state index contributed by atoms with van der Waals surface area (Å²) in [5, 5.41) is 4.63. The monoisotopic (exact) mass is 531 g/mol. The normalized spacial score (nSPS) is 21.7. The van der Waals surface area contributed by atoms with E-state index in [0.29, 0.717) is 11.1 Å². The number of hydrazine groups is 2. The second-order valence-corrected chi connectivity index (χ2v) is 10.9. The number of benzene rings is 3. The molecule has 39 heavy (non-hydrogen) atoms. The Morgan fingerprint density at radius 3 is 2.54 bits per heavy atom. The molecule has 1 aliphatic carbocycles. The number of alkyl halides is 1. The van der Waals surface area contributed by atoms with Gasteiger partial charge in [-0.25, -0.2) is 8.78 Å². The first-order valence-electron chi connectivity index (χ1n) is 13.3. The number of halogens is 2. The highest BCUT2D eigenvalue weighted by molar-refractivity contribution is 5.91. The number of hydrogen-bond donors (Lipinski definition) is 3. The summed E-state index contributed by atoms with van der Waals surface area (Å²) < 4.78 is 29.8. The zero-order valence-electron chi connectivity index (χ0n) is 21.7. The van der Waals surface area contributed by atoms with Crippen LogP contribution in [0.15, 0.2) is 72.8 Å². The number of carbonyl (C=O) groups excluding carboxylic acids is 2. The zero-order valence-corrected chi connectivity index (χ0v) is 21.7. The summed E-state index contributed by atoms with van der Waals surface area (Å²) in [7, 11) is 0. The Morgan fingerprint density at radius 2 is 1.79 bits per heavy atom. The van der Waals surface area contributed by atoms with Crippen LogP contribution in [0, 0.1) is 5.82 Å². The molecule has 2 amide bonds. The molecule has 2 heterocycles. The number of amides is 2. The highest BCUT2D eigenvalue weighted by Crippen LogP contribution is 2.48. The molecule has 2 fully saturated rings. The van der Waals surface area contributed by atoms with Crippen molar-refractivity contribution in [1.82, 2.24) is 15.8 Å². The van der Waals surface area contributed by atoms with E-state index < -0.39 is 24.2 Å². The summed E-state index contributed by atoms with van der Waals surface area (Å²) in [5.41, 5.74) is 9.46. The summed E-state index contributed by atoms with van der Waals surface area (Å²) in [6, 6.07) is 20.3. The first-order valence-corrected chi connectivity index (χ1v) is 13.3. The average molecular weight is 532 g/mol. The molecule has 1 saturated carbocycles. The molecular formula is C30H31F2N5O2. The van der Waals surface area contributed by atoms with Crippen molar-refractivity contribution in [3.8, 4) is 0 Å². The van der Waals surface area contributed by atoms with Crippen LogP contribution in [0.1, 0.15) is 48.9 Å². The van der Waals surface area contributed by atoms with Crippen molar-refractivity contribution in [1.29, 1.82) is 0 Å². The number of nitrogens with zero attached hydrogens (tertiary/aromatic N) is 2. The second kappa shape index (κ2) is 9.96. The molecule has 3 aromatic rings. The van der Waals surface area contributed by atoms with E-state index in [-0.39, 0.29) is 36.6 Å². The molecule has 0 radical (unpaired) electrons. The maximum Gasteiger partial charge on any atom is 0.244 e. The molecule has 2 aliphatic heterocycles. The molecule has 3 aliphatic rings. The van der Waals surface area contributed by atoms with Crippen LogP contribution in [-0.2, 0) is 15.0 Å². The lowest BCUT2D eigenvalue weighted by atomic mass is 9.92. The number of anilines is 2. The summed E-state index contributed by atoms with van der Waals surface area (Å²) in [5.74, 6) is -1.13. The molecule has 202 valence electrons. The predicted molar refractivity (Wildman–Crippen MR) is 145 cm³/mol. The lowest BCUT2D eigenvalue weighted by Gasteiger charge is -2.28. The van der Waals surface area contributed by atoms with Gasteiger partial charge in [0.05, 0.1) is 24.0 Å². The third-order valence-electron chi connectivity index (χ3n) is 8.08. The van der Waals surface area contributed by atoms with E-state index >= 15 is 4.39 Å². The third-order valence-corrected chi connectivity index (χ3v) is 8.08. The van der Waals surface area contributed by atoms with Crippen molar-refractivity contribution in [2.24, 2.45) is 0 Å². The van der Waals surface area contributed by atoms with E-state index in [1.807, 2.05) is 67.6 Å². The van der Waals surface area contributed by atoms with Crippen molar-refractivity contribution in [2.45, 2.75) is 49.9 Å². The second-order valence-electron chi connectivity index (χ2n) is 10.9. The average Bonchev–Trinajstić information content (AvgIpc) is 3.36. The molecule has 9 heteroatoms. The van der Waals surface area contributed by atoms with Gasteiger partial charge in [-0.3, -0.25) is 14.6 Å². The third kappa shape index (κ3) is 4.94. The lowest BCUT2D eigenvalue weighted by molar-refractivity contribution is -0.137. The van der Waals surface area contributed by atoms with Crippen LogP contribution in [0.2, 0.25) is 0 Å². The molecule has 3 aromatic carbocycles. The van der Waals surface area contributed by atoms with Crippen LogP contribution < -0.4 is 21.3 Å². The highest BCUT2D eigenvalue weighted by Gasteiger charge is 2.42. The van der Waals surface area contributed by atoms with Crippen LogP contribution in [-0.4, -0.2) is 42.0 Å². The van der Waals surface area contributed by atoms with E-state index in [1.54, 1.807) is 11.1 Å². The topological polar surface area (TPSA) is 76.7 Å². The zero-order chi connectivity index (χ0) is 27.1. The Morgan fingerprint density at radius 1 is 1.05 bits per heavy atom.